The predicted molar refractivity (Wildman–Crippen MR) is 99.2 cm³/mol. The van der Waals surface area contributed by atoms with Crippen LogP contribution in [0.2, 0.25) is 0 Å². The van der Waals surface area contributed by atoms with Crippen LogP contribution in [0.1, 0.15) is 25.2 Å². The minimum Gasteiger partial charge on any atom is -0.494 e. The maximum atomic E-state index is 5.76. The molecular weight excluding hydrogens is 314 g/mol. The maximum absolute atomic E-state index is 5.76. The van der Waals surface area contributed by atoms with Crippen molar-refractivity contribution >= 4 is 5.82 Å². The number of nitrogen functional groups attached to an aromatic ring is 1. The summed E-state index contributed by atoms with van der Waals surface area (Å²) < 4.78 is 5.75. The van der Waals surface area contributed by atoms with Gasteiger partial charge in [-0.3, -0.25) is 9.80 Å². The summed E-state index contributed by atoms with van der Waals surface area (Å²) in [5.41, 5.74) is 7.01. The molecule has 0 amide bonds. The lowest BCUT2D eigenvalue weighted by atomic mass is 10.1. The van der Waals surface area contributed by atoms with Gasteiger partial charge in [-0.15, -0.1) is 0 Å². The van der Waals surface area contributed by atoms with E-state index in [4.69, 9.17) is 10.5 Å². The average Bonchev–Trinajstić information content (AvgIpc) is 2.59. The van der Waals surface area contributed by atoms with Crippen LogP contribution in [0.25, 0.3) is 0 Å². The standard InChI is InChI=1S/C19H27N5O/c1-3-25-17-7-5-4-6-16(17)13-23-10-11-24(15(2)12-23)14-19-21-9-8-18(20)22-19/h4-9,15H,3,10-14H2,1-2H3,(H2,20,21,22)/t15-/m0/s1. The van der Waals surface area contributed by atoms with E-state index in [1.807, 2.05) is 13.0 Å². The second kappa shape index (κ2) is 8.27. The predicted octanol–water partition coefficient (Wildman–Crippen LogP) is 2.16. The van der Waals surface area contributed by atoms with Gasteiger partial charge in [-0.05, 0) is 26.0 Å². The molecule has 25 heavy (non-hydrogen) atoms. The molecule has 1 fully saturated rings. The van der Waals surface area contributed by atoms with Gasteiger partial charge in [-0.1, -0.05) is 18.2 Å². The molecule has 2 N–H and O–H groups in total. The molecule has 1 aliphatic rings. The highest BCUT2D eigenvalue weighted by Gasteiger charge is 2.25. The van der Waals surface area contributed by atoms with Gasteiger partial charge in [0.2, 0.25) is 0 Å². The van der Waals surface area contributed by atoms with Gasteiger partial charge in [-0.2, -0.15) is 0 Å². The van der Waals surface area contributed by atoms with Gasteiger partial charge in [0.1, 0.15) is 17.4 Å². The van der Waals surface area contributed by atoms with Crippen LogP contribution in [-0.2, 0) is 13.1 Å². The Labute approximate surface area is 149 Å². The molecule has 6 nitrogen and oxygen atoms in total. The molecular formula is C19H27N5O. The molecule has 0 radical (unpaired) electrons. The molecule has 1 aromatic carbocycles. The Morgan fingerprint density at radius 1 is 1.20 bits per heavy atom. The summed E-state index contributed by atoms with van der Waals surface area (Å²) in [7, 11) is 0. The summed E-state index contributed by atoms with van der Waals surface area (Å²) in [4.78, 5) is 13.5. The van der Waals surface area contributed by atoms with E-state index in [0.29, 0.717) is 18.5 Å². The van der Waals surface area contributed by atoms with E-state index in [9.17, 15) is 0 Å². The molecule has 0 bridgehead atoms. The zero-order chi connectivity index (χ0) is 17.6. The first kappa shape index (κ1) is 17.6. The highest BCUT2D eigenvalue weighted by Crippen LogP contribution is 2.22. The molecule has 1 saturated heterocycles. The topological polar surface area (TPSA) is 67.5 Å². The van der Waals surface area contributed by atoms with Gasteiger partial charge in [-0.25, -0.2) is 9.97 Å². The molecule has 0 saturated carbocycles. The molecule has 3 rings (SSSR count). The number of piperazine rings is 1. The van der Waals surface area contributed by atoms with Crippen molar-refractivity contribution in [3.63, 3.8) is 0 Å². The van der Waals surface area contributed by atoms with E-state index < -0.39 is 0 Å². The number of benzene rings is 1. The highest BCUT2D eigenvalue weighted by molar-refractivity contribution is 5.33. The molecule has 6 heteroatoms. The molecule has 0 spiro atoms. The SMILES string of the molecule is CCOc1ccccc1CN1CCN(Cc2nccc(N)n2)[C@@H](C)C1. The second-order valence-corrected chi connectivity index (χ2v) is 6.49. The first-order valence-electron chi connectivity index (χ1n) is 8.90. The Kier molecular flexibility index (Phi) is 5.83. The lowest BCUT2D eigenvalue weighted by molar-refractivity contribution is 0.0708. The van der Waals surface area contributed by atoms with Crippen LogP contribution in [0, 0.1) is 0 Å². The Morgan fingerprint density at radius 3 is 2.80 bits per heavy atom. The Balaban J connectivity index is 1.58. The van der Waals surface area contributed by atoms with Crippen molar-refractivity contribution in [3.8, 4) is 5.75 Å². The van der Waals surface area contributed by atoms with E-state index in [2.05, 4.69) is 44.9 Å². The number of aromatic nitrogens is 2. The van der Waals surface area contributed by atoms with Gasteiger partial charge < -0.3 is 10.5 Å². The fourth-order valence-corrected chi connectivity index (χ4v) is 3.29. The number of hydrogen-bond donors (Lipinski definition) is 1. The molecule has 1 atom stereocenters. The summed E-state index contributed by atoms with van der Waals surface area (Å²) in [5, 5.41) is 0. The van der Waals surface area contributed by atoms with Crippen molar-refractivity contribution in [3.05, 3.63) is 47.9 Å². The quantitative estimate of drug-likeness (QED) is 0.868. The number of hydrogen-bond acceptors (Lipinski definition) is 6. The van der Waals surface area contributed by atoms with Crippen LogP contribution in [0.5, 0.6) is 5.75 Å². The van der Waals surface area contributed by atoms with Crippen molar-refractivity contribution in [2.45, 2.75) is 33.0 Å². The summed E-state index contributed by atoms with van der Waals surface area (Å²) in [6, 6.07) is 10.5. The Bertz CT molecular complexity index is 693. The van der Waals surface area contributed by atoms with E-state index in [1.165, 1.54) is 5.56 Å². The molecule has 1 aliphatic heterocycles. The first-order valence-corrected chi connectivity index (χ1v) is 8.90. The fraction of sp³-hybridized carbons (Fsp3) is 0.474. The second-order valence-electron chi connectivity index (χ2n) is 6.49. The van der Waals surface area contributed by atoms with Gasteiger partial charge in [0.15, 0.2) is 0 Å². The molecule has 2 aromatic rings. The van der Waals surface area contributed by atoms with Crippen molar-refractivity contribution in [2.75, 3.05) is 32.0 Å². The van der Waals surface area contributed by atoms with E-state index in [1.54, 1.807) is 12.3 Å². The van der Waals surface area contributed by atoms with Crippen LogP contribution in [-0.4, -0.2) is 52.1 Å². The zero-order valence-electron chi connectivity index (χ0n) is 15.1. The first-order chi connectivity index (χ1) is 12.2. The fourth-order valence-electron chi connectivity index (χ4n) is 3.29. The number of nitrogens with two attached hydrogens (primary N) is 1. The lowest BCUT2D eigenvalue weighted by Gasteiger charge is -2.39. The normalized spacial score (nSPS) is 19.0. The third-order valence-electron chi connectivity index (χ3n) is 4.59. The third kappa shape index (κ3) is 4.67. The number of nitrogens with zero attached hydrogens (tertiary/aromatic N) is 4. The Hall–Kier alpha value is -2.18. The number of para-hydroxylation sites is 1. The van der Waals surface area contributed by atoms with E-state index in [0.717, 1.165) is 44.3 Å². The van der Waals surface area contributed by atoms with Gasteiger partial charge in [0.05, 0.1) is 13.2 Å². The van der Waals surface area contributed by atoms with Crippen molar-refractivity contribution in [2.24, 2.45) is 0 Å². The zero-order valence-corrected chi connectivity index (χ0v) is 15.1. The largest absolute Gasteiger partial charge is 0.494 e. The van der Waals surface area contributed by atoms with Crippen LogP contribution in [0.3, 0.4) is 0 Å². The maximum Gasteiger partial charge on any atom is 0.144 e. The van der Waals surface area contributed by atoms with Gasteiger partial charge >= 0.3 is 0 Å². The lowest BCUT2D eigenvalue weighted by Crippen LogP contribution is -2.51. The molecule has 0 unspecified atom stereocenters. The van der Waals surface area contributed by atoms with E-state index >= 15 is 0 Å². The smallest absolute Gasteiger partial charge is 0.144 e. The number of rotatable bonds is 6. The number of anilines is 1. The summed E-state index contributed by atoms with van der Waals surface area (Å²) in [6.45, 7) is 9.68. The molecule has 1 aromatic heterocycles. The summed E-state index contributed by atoms with van der Waals surface area (Å²) >= 11 is 0. The van der Waals surface area contributed by atoms with Crippen LogP contribution in [0.15, 0.2) is 36.5 Å². The summed E-state index contributed by atoms with van der Waals surface area (Å²) in [5.74, 6) is 2.32. The minimum atomic E-state index is 0.443. The molecule has 134 valence electrons. The van der Waals surface area contributed by atoms with E-state index in [-0.39, 0.29) is 0 Å². The molecule has 0 aliphatic carbocycles. The molecule has 2 heterocycles. The van der Waals surface area contributed by atoms with Crippen LogP contribution < -0.4 is 10.5 Å². The van der Waals surface area contributed by atoms with Crippen molar-refractivity contribution in [1.29, 1.82) is 0 Å². The van der Waals surface area contributed by atoms with Crippen molar-refractivity contribution < 1.29 is 4.74 Å². The van der Waals surface area contributed by atoms with Crippen molar-refractivity contribution in [1.82, 2.24) is 19.8 Å². The van der Waals surface area contributed by atoms with Crippen LogP contribution in [0.4, 0.5) is 5.82 Å². The summed E-state index contributed by atoms with van der Waals surface area (Å²) in [6.07, 6.45) is 1.73. The van der Waals surface area contributed by atoms with Gasteiger partial charge in [0.25, 0.3) is 0 Å². The third-order valence-corrected chi connectivity index (χ3v) is 4.59. The van der Waals surface area contributed by atoms with Gasteiger partial charge in [0, 0.05) is 44.0 Å². The monoisotopic (exact) mass is 341 g/mol. The number of ether oxygens (including phenoxy) is 1. The van der Waals surface area contributed by atoms with Crippen LogP contribution >= 0.6 is 0 Å². The highest BCUT2D eigenvalue weighted by atomic mass is 16.5. The minimum absolute atomic E-state index is 0.443. The Morgan fingerprint density at radius 2 is 2.04 bits per heavy atom. The average molecular weight is 341 g/mol.